The third-order valence-electron chi connectivity index (χ3n) is 3.23. The first-order chi connectivity index (χ1) is 9.59. The number of amides is 2. The minimum atomic E-state index is -0.976. The lowest BCUT2D eigenvalue weighted by molar-refractivity contribution is -0.148. The fourth-order valence-corrected chi connectivity index (χ4v) is 2.24. The Morgan fingerprint density at radius 1 is 1.45 bits per heavy atom. The zero-order chi connectivity index (χ0) is 14.5. The zero-order valence-corrected chi connectivity index (χ0v) is 10.9. The van der Waals surface area contributed by atoms with E-state index in [0.29, 0.717) is 19.4 Å². The average molecular weight is 280 g/mol. The molecule has 1 aromatic rings. The number of rotatable bonds is 5. The van der Waals surface area contributed by atoms with Gasteiger partial charge in [-0.05, 0) is 25.0 Å². The Morgan fingerprint density at radius 2 is 2.25 bits per heavy atom. The summed E-state index contributed by atoms with van der Waals surface area (Å²) in [6, 6.07) is 2.39. The van der Waals surface area contributed by atoms with Gasteiger partial charge in [0.15, 0.2) is 5.76 Å². The van der Waals surface area contributed by atoms with Gasteiger partial charge in [-0.15, -0.1) is 0 Å². The maximum absolute atomic E-state index is 11.9. The van der Waals surface area contributed by atoms with E-state index in [0.717, 1.165) is 0 Å². The van der Waals surface area contributed by atoms with Gasteiger partial charge in [0.2, 0.25) is 5.91 Å². The number of carboxylic acid groups (broad SMARTS) is 1. The average Bonchev–Trinajstić information content (AvgIpc) is 3.09. The van der Waals surface area contributed by atoms with Crippen LogP contribution in [0.3, 0.4) is 0 Å². The van der Waals surface area contributed by atoms with Crippen molar-refractivity contribution in [3.63, 3.8) is 0 Å². The highest BCUT2D eigenvalue weighted by molar-refractivity contribution is 5.91. The van der Waals surface area contributed by atoms with E-state index in [1.165, 1.54) is 17.2 Å². The predicted octanol–water partition coefficient (Wildman–Crippen LogP) is 0.475. The van der Waals surface area contributed by atoms with Crippen LogP contribution in [0.2, 0.25) is 0 Å². The smallest absolute Gasteiger partial charge is 0.326 e. The summed E-state index contributed by atoms with van der Waals surface area (Å²) < 4.78 is 4.92. The Kier molecular flexibility index (Phi) is 4.39. The minimum Gasteiger partial charge on any atom is -0.480 e. The molecule has 0 bridgehead atoms. The molecule has 1 atom stereocenters. The molecule has 7 nitrogen and oxygen atoms in total. The van der Waals surface area contributed by atoms with E-state index in [1.54, 1.807) is 6.07 Å². The summed E-state index contributed by atoms with van der Waals surface area (Å²) in [6.07, 6.45) is 2.65. The van der Waals surface area contributed by atoms with E-state index in [9.17, 15) is 14.4 Å². The topological polar surface area (TPSA) is 99.9 Å². The highest BCUT2D eigenvalue weighted by atomic mass is 16.4. The molecule has 1 aromatic heterocycles. The van der Waals surface area contributed by atoms with E-state index in [2.05, 4.69) is 5.32 Å². The largest absolute Gasteiger partial charge is 0.480 e. The van der Waals surface area contributed by atoms with E-state index in [4.69, 9.17) is 9.52 Å². The number of hydrogen-bond acceptors (Lipinski definition) is 4. The van der Waals surface area contributed by atoms with Gasteiger partial charge < -0.3 is 19.7 Å². The Labute approximate surface area is 115 Å². The molecule has 108 valence electrons. The molecule has 1 aliphatic rings. The summed E-state index contributed by atoms with van der Waals surface area (Å²) in [5.41, 5.74) is 0. The maximum atomic E-state index is 11.9. The van der Waals surface area contributed by atoms with Crippen molar-refractivity contribution in [3.8, 4) is 0 Å². The zero-order valence-electron chi connectivity index (χ0n) is 10.9. The normalized spacial score (nSPS) is 18.0. The van der Waals surface area contributed by atoms with Gasteiger partial charge in [-0.2, -0.15) is 0 Å². The van der Waals surface area contributed by atoms with Crippen molar-refractivity contribution in [3.05, 3.63) is 24.2 Å². The van der Waals surface area contributed by atoms with Crippen molar-refractivity contribution >= 4 is 17.8 Å². The molecular formula is C13H16N2O5. The lowest BCUT2D eigenvalue weighted by Crippen LogP contribution is -2.41. The first-order valence-corrected chi connectivity index (χ1v) is 6.43. The second-order valence-corrected chi connectivity index (χ2v) is 4.57. The van der Waals surface area contributed by atoms with Crippen LogP contribution < -0.4 is 5.32 Å². The van der Waals surface area contributed by atoms with Crippen molar-refractivity contribution in [2.75, 3.05) is 13.1 Å². The molecule has 1 saturated heterocycles. The molecule has 0 saturated carbocycles. The third-order valence-corrected chi connectivity index (χ3v) is 3.23. The lowest BCUT2D eigenvalue weighted by atomic mass is 10.2. The number of nitrogens with zero attached hydrogens (tertiary/aromatic N) is 1. The molecule has 0 unspecified atom stereocenters. The quantitative estimate of drug-likeness (QED) is 0.817. The van der Waals surface area contributed by atoms with E-state index >= 15 is 0 Å². The Balaban J connectivity index is 1.78. The summed E-state index contributed by atoms with van der Waals surface area (Å²) in [6.45, 7) is 0.614. The minimum absolute atomic E-state index is 0.0796. The van der Waals surface area contributed by atoms with Crippen LogP contribution in [0.25, 0.3) is 0 Å². The van der Waals surface area contributed by atoms with Crippen LogP contribution in [0.15, 0.2) is 22.8 Å². The highest BCUT2D eigenvalue weighted by Gasteiger charge is 2.33. The van der Waals surface area contributed by atoms with Crippen LogP contribution in [-0.4, -0.2) is 46.9 Å². The molecule has 2 rings (SSSR count). The fraction of sp³-hybridized carbons (Fsp3) is 0.462. The molecule has 2 N–H and O–H groups in total. The number of furan rings is 1. The SMILES string of the molecule is O=C(NCCC(=O)N1CCC[C@@H]1C(=O)O)c1ccco1. The number of carbonyl (C=O) groups is 3. The van der Waals surface area contributed by atoms with Crippen LogP contribution in [0.1, 0.15) is 29.8 Å². The van der Waals surface area contributed by atoms with Crippen molar-refractivity contribution in [1.29, 1.82) is 0 Å². The molecule has 20 heavy (non-hydrogen) atoms. The molecule has 7 heteroatoms. The van der Waals surface area contributed by atoms with Crippen LogP contribution in [0.5, 0.6) is 0 Å². The highest BCUT2D eigenvalue weighted by Crippen LogP contribution is 2.18. The molecule has 0 aliphatic carbocycles. The molecule has 0 spiro atoms. The van der Waals surface area contributed by atoms with Gasteiger partial charge in [-0.25, -0.2) is 4.79 Å². The van der Waals surface area contributed by atoms with E-state index < -0.39 is 12.0 Å². The monoisotopic (exact) mass is 280 g/mol. The van der Waals surface area contributed by atoms with Gasteiger partial charge in [0.1, 0.15) is 6.04 Å². The number of hydrogen-bond donors (Lipinski definition) is 2. The van der Waals surface area contributed by atoms with Crippen LogP contribution in [-0.2, 0) is 9.59 Å². The number of likely N-dealkylation sites (tertiary alicyclic amines) is 1. The first-order valence-electron chi connectivity index (χ1n) is 6.43. The van der Waals surface area contributed by atoms with Gasteiger partial charge in [-0.1, -0.05) is 0 Å². The van der Waals surface area contributed by atoms with Crippen molar-refractivity contribution in [1.82, 2.24) is 10.2 Å². The van der Waals surface area contributed by atoms with Crippen molar-refractivity contribution in [2.24, 2.45) is 0 Å². The van der Waals surface area contributed by atoms with Gasteiger partial charge in [0.05, 0.1) is 6.26 Å². The summed E-state index contributed by atoms with van der Waals surface area (Å²) in [4.78, 5) is 35.8. The Morgan fingerprint density at radius 3 is 2.90 bits per heavy atom. The Bertz CT molecular complexity index is 497. The number of carbonyl (C=O) groups excluding carboxylic acids is 2. The number of aliphatic carboxylic acids is 1. The molecule has 0 aromatic carbocycles. The molecule has 2 amide bonds. The van der Waals surface area contributed by atoms with Crippen LogP contribution >= 0.6 is 0 Å². The van der Waals surface area contributed by atoms with E-state index in [-0.39, 0.29) is 30.5 Å². The standard InChI is InChI=1S/C13H16N2O5/c16-11(15-7-1-3-9(15)13(18)19)5-6-14-12(17)10-4-2-8-20-10/h2,4,8-9H,1,3,5-7H2,(H,14,17)(H,18,19)/t9-/m1/s1. The molecule has 1 aliphatic heterocycles. The summed E-state index contributed by atoms with van der Waals surface area (Å²) in [5.74, 6) is -1.44. The van der Waals surface area contributed by atoms with E-state index in [1.807, 2.05) is 0 Å². The van der Waals surface area contributed by atoms with Gasteiger partial charge in [0.25, 0.3) is 5.91 Å². The van der Waals surface area contributed by atoms with Gasteiger partial charge >= 0.3 is 5.97 Å². The van der Waals surface area contributed by atoms with Crippen LogP contribution in [0.4, 0.5) is 0 Å². The summed E-state index contributed by atoms with van der Waals surface area (Å²) in [7, 11) is 0. The second-order valence-electron chi connectivity index (χ2n) is 4.57. The third kappa shape index (κ3) is 3.17. The first kappa shape index (κ1) is 14.1. The summed E-state index contributed by atoms with van der Waals surface area (Å²) in [5, 5.41) is 11.6. The molecule has 1 fully saturated rings. The molecule has 2 heterocycles. The molecule has 0 radical (unpaired) electrons. The fourth-order valence-electron chi connectivity index (χ4n) is 2.24. The van der Waals surface area contributed by atoms with Crippen LogP contribution in [0, 0.1) is 0 Å². The predicted molar refractivity (Wildman–Crippen MR) is 68.0 cm³/mol. The Hall–Kier alpha value is -2.31. The van der Waals surface area contributed by atoms with Gasteiger partial charge in [-0.3, -0.25) is 9.59 Å². The lowest BCUT2D eigenvalue weighted by Gasteiger charge is -2.21. The van der Waals surface area contributed by atoms with Gasteiger partial charge in [0, 0.05) is 19.5 Å². The second kappa shape index (κ2) is 6.23. The molecular weight excluding hydrogens is 264 g/mol. The number of nitrogens with one attached hydrogen (secondary N) is 1. The van der Waals surface area contributed by atoms with Crippen molar-refractivity contribution < 1.29 is 23.9 Å². The maximum Gasteiger partial charge on any atom is 0.326 e. The van der Waals surface area contributed by atoms with Crippen molar-refractivity contribution in [2.45, 2.75) is 25.3 Å². The summed E-state index contributed by atoms with van der Waals surface area (Å²) >= 11 is 0. The number of carboxylic acids is 1.